The Morgan fingerprint density at radius 2 is 2.50 bits per heavy atom. The Kier molecular flexibility index (Phi) is 3.50. The molecule has 14 heavy (non-hydrogen) atoms. The molecule has 1 aliphatic rings. The van der Waals surface area contributed by atoms with Crippen molar-refractivity contribution in [1.29, 1.82) is 0 Å². The lowest BCUT2D eigenvalue weighted by atomic mass is 10.0. The summed E-state index contributed by atoms with van der Waals surface area (Å²) < 4.78 is 0. The first-order chi connectivity index (χ1) is 6.90. The fourth-order valence-corrected chi connectivity index (χ4v) is 2.68. The third-order valence-corrected chi connectivity index (χ3v) is 3.61. The molecule has 78 valence electrons. The Labute approximate surface area is 88.9 Å². The first-order valence-electron chi connectivity index (χ1n) is 5.22. The number of thiazole rings is 1. The number of rotatable bonds is 3. The van der Waals surface area contributed by atoms with Crippen molar-refractivity contribution in [2.45, 2.75) is 31.8 Å². The van der Waals surface area contributed by atoms with E-state index in [0.717, 1.165) is 13.1 Å². The van der Waals surface area contributed by atoms with E-state index in [1.165, 1.54) is 30.8 Å². The van der Waals surface area contributed by atoms with Crippen LogP contribution in [0.3, 0.4) is 0 Å². The van der Waals surface area contributed by atoms with E-state index >= 15 is 0 Å². The normalized spacial score (nSPS) is 23.9. The maximum Gasteiger partial charge on any atom is 0.107 e. The van der Waals surface area contributed by atoms with Crippen LogP contribution >= 0.6 is 11.3 Å². The van der Waals surface area contributed by atoms with Crippen molar-refractivity contribution in [2.75, 3.05) is 13.1 Å². The van der Waals surface area contributed by atoms with Crippen LogP contribution in [0.25, 0.3) is 0 Å². The molecule has 1 aromatic heterocycles. The zero-order valence-electron chi connectivity index (χ0n) is 8.35. The molecule has 0 radical (unpaired) electrons. The van der Waals surface area contributed by atoms with Gasteiger partial charge in [-0.25, -0.2) is 4.98 Å². The van der Waals surface area contributed by atoms with Crippen LogP contribution in [0.5, 0.6) is 0 Å². The second kappa shape index (κ2) is 4.87. The van der Waals surface area contributed by atoms with E-state index in [9.17, 15) is 0 Å². The standard InChI is InChI=1S/C10H17N3S/c11-7-9-3-1-2-5-13(9)8-10-12-4-6-14-10/h4,6,9H,1-3,5,7-8,11H2. The summed E-state index contributed by atoms with van der Waals surface area (Å²) in [6.07, 6.45) is 5.77. The zero-order chi connectivity index (χ0) is 9.80. The molecule has 1 atom stereocenters. The van der Waals surface area contributed by atoms with Crippen LogP contribution in [0.15, 0.2) is 11.6 Å². The summed E-state index contributed by atoms with van der Waals surface area (Å²) in [6, 6.07) is 0.577. The molecule has 0 amide bonds. The van der Waals surface area contributed by atoms with Crippen molar-refractivity contribution in [3.8, 4) is 0 Å². The van der Waals surface area contributed by atoms with Crippen LogP contribution in [-0.4, -0.2) is 29.0 Å². The van der Waals surface area contributed by atoms with Gasteiger partial charge in [0.05, 0.1) is 6.54 Å². The van der Waals surface area contributed by atoms with E-state index in [1.807, 2.05) is 11.6 Å². The highest BCUT2D eigenvalue weighted by atomic mass is 32.1. The molecule has 1 fully saturated rings. The molecule has 4 heteroatoms. The molecule has 2 N–H and O–H groups in total. The summed E-state index contributed by atoms with van der Waals surface area (Å²) in [5.41, 5.74) is 5.76. The molecule has 1 unspecified atom stereocenters. The number of hydrogen-bond donors (Lipinski definition) is 1. The maximum atomic E-state index is 5.76. The van der Waals surface area contributed by atoms with Gasteiger partial charge in [0, 0.05) is 24.2 Å². The van der Waals surface area contributed by atoms with Gasteiger partial charge in [0.15, 0.2) is 0 Å². The number of piperidine rings is 1. The van der Waals surface area contributed by atoms with Crippen molar-refractivity contribution in [2.24, 2.45) is 5.73 Å². The van der Waals surface area contributed by atoms with Crippen LogP contribution < -0.4 is 5.73 Å². The Morgan fingerprint density at radius 1 is 1.57 bits per heavy atom. The summed E-state index contributed by atoms with van der Waals surface area (Å²) in [5, 5.41) is 3.25. The molecule has 1 aromatic rings. The Balaban J connectivity index is 1.94. The molecule has 2 heterocycles. The molecular weight excluding hydrogens is 194 g/mol. The third-order valence-electron chi connectivity index (χ3n) is 2.84. The second-order valence-corrected chi connectivity index (χ2v) is 4.76. The smallest absolute Gasteiger partial charge is 0.107 e. The van der Waals surface area contributed by atoms with Gasteiger partial charge in [-0.2, -0.15) is 0 Å². The summed E-state index contributed by atoms with van der Waals surface area (Å²) in [4.78, 5) is 6.79. The minimum Gasteiger partial charge on any atom is -0.329 e. The van der Waals surface area contributed by atoms with Crippen molar-refractivity contribution in [3.05, 3.63) is 16.6 Å². The van der Waals surface area contributed by atoms with Gasteiger partial charge in [0.1, 0.15) is 5.01 Å². The molecule has 0 aliphatic carbocycles. The number of likely N-dealkylation sites (tertiary alicyclic amines) is 1. The third kappa shape index (κ3) is 2.32. The van der Waals surface area contributed by atoms with Crippen molar-refractivity contribution in [1.82, 2.24) is 9.88 Å². The number of nitrogens with zero attached hydrogens (tertiary/aromatic N) is 2. The van der Waals surface area contributed by atoms with E-state index in [-0.39, 0.29) is 0 Å². The molecule has 0 spiro atoms. The first kappa shape index (κ1) is 10.1. The van der Waals surface area contributed by atoms with Gasteiger partial charge in [0.2, 0.25) is 0 Å². The molecular formula is C10H17N3S. The van der Waals surface area contributed by atoms with Crippen LogP contribution in [0.1, 0.15) is 24.3 Å². The summed E-state index contributed by atoms with van der Waals surface area (Å²) >= 11 is 1.74. The lowest BCUT2D eigenvalue weighted by Crippen LogP contribution is -2.43. The van der Waals surface area contributed by atoms with Crippen LogP contribution in [-0.2, 0) is 6.54 Å². The van der Waals surface area contributed by atoms with Gasteiger partial charge in [-0.15, -0.1) is 11.3 Å². The zero-order valence-corrected chi connectivity index (χ0v) is 9.17. The lowest BCUT2D eigenvalue weighted by molar-refractivity contribution is 0.144. The van der Waals surface area contributed by atoms with E-state index in [2.05, 4.69) is 9.88 Å². The predicted molar refractivity (Wildman–Crippen MR) is 59.2 cm³/mol. The van der Waals surface area contributed by atoms with E-state index in [0.29, 0.717) is 6.04 Å². The highest BCUT2D eigenvalue weighted by molar-refractivity contribution is 7.09. The van der Waals surface area contributed by atoms with Gasteiger partial charge >= 0.3 is 0 Å². The van der Waals surface area contributed by atoms with E-state index in [1.54, 1.807) is 11.3 Å². The summed E-state index contributed by atoms with van der Waals surface area (Å²) in [6.45, 7) is 2.95. The highest BCUT2D eigenvalue weighted by Gasteiger charge is 2.21. The van der Waals surface area contributed by atoms with Crippen LogP contribution in [0.4, 0.5) is 0 Å². The van der Waals surface area contributed by atoms with Gasteiger partial charge in [-0.3, -0.25) is 4.90 Å². The van der Waals surface area contributed by atoms with Crippen molar-refractivity contribution >= 4 is 11.3 Å². The predicted octanol–water partition coefficient (Wildman–Crippen LogP) is 1.46. The fraction of sp³-hybridized carbons (Fsp3) is 0.700. The Morgan fingerprint density at radius 3 is 3.21 bits per heavy atom. The molecule has 1 saturated heterocycles. The molecule has 1 aliphatic heterocycles. The van der Waals surface area contributed by atoms with Gasteiger partial charge in [-0.1, -0.05) is 6.42 Å². The second-order valence-electron chi connectivity index (χ2n) is 3.78. The average molecular weight is 211 g/mol. The van der Waals surface area contributed by atoms with Gasteiger partial charge in [-0.05, 0) is 19.4 Å². The van der Waals surface area contributed by atoms with E-state index < -0.39 is 0 Å². The van der Waals surface area contributed by atoms with Crippen LogP contribution in [0.2, 0.25) is 0 Å². The topological polar surface area (TPSA) is 42.1 Å². The largest absolute Gasteiger partial charge is 0.329 e. The quantitative estimate of drug-likeness (QED) is 0.823. The SMILES string of the molecule is NCC1CCCCN1Cc1nccs1. The monoisotopic (exact) mass is 211 g/mol. The van der Waals surface area contributed by atoms with Crippen LogP contribution in [0, 0.1) is 0 Å². The molecule has 0 bridgehead atoms. The maximum absolute atomic E-state index is 5.76. The molecule has 0 saturated carbocycles. The Bertz CT molecular complexity index is 260. The number of aromatic nitrogens is 1. The summed E-state index contributed by atoms with van der Waals surface area (Å²) in [7, 11) is 0. The van der Waals surface area contributed by atoms with Crippen molar-refractivity contribution < 1.29 is 0 Å². The highest BCUT2D eigenvalue weighted by Crippen LogP contribution is 2.19. The number of hydrogen-bond acceptors (Lipinski definition) is 4. The number of nitrogens with two attached hydrogens (primary N) is 1. The molecule has 3 nitrogen and oxygen atoms in total. The fourth-order valence-electron chi connectivity index (χ4n) is 2.04. The Hall–Kier alpha value is -0.450. The molecule has 2 rings (SSSR count). The van der Waals surface area contributed by atoms with Crippen molar-refractivity contribution in [3.63, 3.8) is 0 Å². The van der Waals surface area contributed by atoms with Gasteiger partial charge < -0.3 is 5.73 Å². The molecule has 0 aromatic carbocycles. The lowest BCUT2D eigenvalue weighted by Gasteiger charge is -2.34. The van der Waals surface area contributed by atoms with E-state index in [4.69, 9.17) is 5.73 Å². The van der Waals surface area contributed by atoms with Gasteiger partial charge in [0.25, 0.3) is 0 Å². The average Bonchev–Trinajstić information content (AvgIpc) is 2.71. The minimum absolute atomic E-state index is 0.577. The minimum atomic E-state index is 0.577. The first-order valence-corrected chi connectivity index (χ1v) is 6.10. The summed E-state index contributed by atoms with van der Waals surface area (Å²) in [5.74, 6) is 0.